The molecule has 0 heterocycles. The lowest BCUT2D eigenvalue weighted by atomic mass is 10.1. The maximum atomic E-state index is 13.4. The number of nitrogens with zero attached hydrogens (tertiary/aromatic N) is 1. The van der Waals surface area contributed by atoms with Gasteiger partial charge in [-0.2, -0.15) is 0 Å². The van der Waals surface area contributed by atoms with Crippen molar-refractivity contribution in [1.29, 1.82) is 0 Å². The highest BCUT2D eigenvalue weighted by atomic mass is 32.2. The number of nitrogens with one attached hydrogen (secondary N) is 1. The third-order valence-corrected chi connectivity index (χ3v) is 7.14. The van der Waals surface area contributed by atoms with Crippen molar-refractivity contribution in [3.63, 3.8) is 0 Å². The van der Waals surface area contributed by atoms with E-state index in [2.05, 4.69) is 30.4 Å². The molecule has 1 N–H and O–H groups in total. The highest BCUT2D eigenvalue weighted by Crippen LogP contribution is 2.22. The van der Waals surface area contributed by atoms with Gasteiger partial charge in [0, 0.05) is 18.3 Å². The number of methoxy groups -OCH3 is 1. The first-order valence-corrected chi connectivity index (χ1v) is 13.0. The number of carbonyl (C=O) groups is 2. The molecule has 0 bridgehead atoms. The molecule has 1 aliphatic rings. The fourth-order valence-corrected chi connectivity index (χ4v) is 5.25. The summed E-state index contributed by atoms with van der Waals surface area (Å²) >= 11 is 1.59. The van der Waals surface area contributed by atoms with Crippen LogP contribution in [0.5, 0.6) is 5.75 Å². The summed E-state index contributed by atoms with van der Waals surface area (Å²) in [6, 6.07) is 15.8. The molecule has 1 saturated carbocycles. The number of thioether (sulfide) groups is 1. The molecule has 1 fully saturated rings. The lowest BCUT2D eigenvalue weighted by molar-refractivity contribution is -0.139. The summed E-state index contributed by atoms with van der Waals surface area (Å²) in [5.74, 6) is 1.81. The van der Waals surface area contributed by atoms with E-state index in [-0.39, 0.29) is 17.9 Å². The molecule has 1 unspecified atom stereocenters. The van der Waals surface area contributed by atoms with Crippen molar-refractivity contribution >= 4 is 23.6 Å². The predicted octanol–water partition coefficient (Wildman–Crippen LogP) is 5.10. The van der Waals surface area contributed by atoms with Gasteiger partial charge in [-0.25, -0.2) is 0 Å². The van der Waals surface area contributed by atoms with Gasteiger partial charge in [0.2, 0.25) is 11.8 Å². The van der Waals surface area contributed by atoms with Crippen molar-refractivity contribution in [2.75, 3.05) is 12.9 Å². The second-order valence-electron chi connectivity index (χ2n) is 8.77. The van der Waals surface area contributed by atoms with Crippen LogP contribution >= 0.6 is 11.8 Å². The quantitative estimate of drug-likeness (QED) is 0.498. The minimum atomic E-state index is -0.483. The average molecular weight is 469 g/mol. The lowest BCUT2D eigenvalue weighted by Gasteiger charge is -2.31. The number of hydrogen-bond donors (Lipinski definition) is 1. The molecular formula is C27H36N2O3S. The molecule has 2 aromatic carbocycles. The zero-order valence-electron chi connectivity index (χ0n) is 20.0. The summed E-state index contributed by atoms with van der Waals surface area (Å²) in [4.78, 5) is 28.3. The molecule has 1 atom stereocenters. The molecule has 2 amide bonds. The van der Waals surface area contributed by atoms with Gasteiger partial charge in [0.05, 0.1) is 12.9 Å². The fraction of sp³-hybridized carbons (Fsp3) is 0.481. The normalized spacial score (nSPS) is 14.6. The van der Waals surface area contributed by atoms with Crippen LogP contribution in [-0.4, -0.2) is 41.7 Å². The van der Waals surface area contributed by atoms with Crippen molar-refractivity contribution in [3.05, 3.63) is 65.2 Å². The minimum Gasteiger partial charge on any atom is -0.497 e. The number of ether oxygens (including phenoxy) is 1. The first kappa shape index (κ1) is 25.2. The number of rotatable bonds is 11. The van der Waals surface area contributed by atoms with Gasteiger partial charge in [-0.05, 0) is 49.4 Å². The zero-order chi connectivity index (χ0) is 23.6. The highest BCUT2D eigenvalue weighted by Gasteiger charge is 2.30. The summed E-state index contributed by atoms with van der Waals surface area (Å²) in [6.07, 6.45) is 4.95. The van der Waals surface area contributed by atoms with Crippen LogP contribution in [0.25, 0.3) is 0 Å². The number of aryl methyl sites for hydroxylation is 1. The molecule has 0 spiro atoms. The van der Waals surface area contributed by atoms with E-state index in [0.29, 0.717) is 18.7 Å². The van der Waals surface area contributed by atoms with Crippen molar-refractivity contribution < 1.29 is 14.3 Å². The molecule has 1 aliphatic carbocycles. The van der Waals surface area contributed by atoms with E-state index < -0.39 is 6.04 Å². The largest absolute Gasteiger partial charge is 0.497 e. The predicted molar refractivity (Wildman–Crippen MR) is 135 cm³/mol. The Bertz CT molecular complexity index is 927. The molecule has 2 aromatic rings. The van der Waals surface area contributed by atoms with Crippen LogP contribution in [0.3, 0.4) is 0 Å². The Morgan fingerprint density at radius 3 is 2.55 bits per heavy atom. The van der Waals surface area contributed by atoms with Crippen molar-refractivity contribution in [2.24, 2.45) is 0 Å². The Balaban J connectivity index is 1.72. The van der Waals surface area contributed by atoms with E-state index in [0.717, 1.165) is 42.7 Å². The van der Waals surface area contributed by atoms with E-state index in [4.69, 9.17) is 4.74 Å². The van der Waals surface area contributed by atoms with Crippen LogP contribution in [-0.2, 0) is 21.9 Å². The van der Waals surface area contributed by atoms with Crippen LogP contribution in [0.15, 0.2) is 48.5 Å². The second-order valence-corrected chi connectivity index (χ2v) is 9.75. The van der Waals surface area contributed by atoms with E-state index in [1.807, 2.05) is 37.3 Å². The summed E-state index contributed by atoms with van der Waals surface area (Å²) in [6.45, 7) is 4.44. The summed E-state index contributed by atoms with van der Waals surface area (Å²) in [5, 5.41) is 3.20. The van der Waals surface area contributed by atoms with Gasteiger partial charge >= 0.3 is 0 Å². The van der Waals surface area contributed by atoms with Crippen LogP contribution in [0.4, 0.5) is 0 Å². The number of amides is 2. The van der Waals surface area contributed by atoms with Gasteiger partial charge < -0.3 is 15.0 Å². The van der Waals surface area contributed by atoms with Gasteiger partial charge in [0.15, 0.2) is 0 Å². The van der Waals surface area contributed by atoms with Crippen LogP contribution < -0.4 is 10.1 Å². The van der Waals surface area contributed by atoms with Gasteiger partial charge in [-0.1, -0.05) is 61.7 Å². The molecule has 0 saturated heterocycles. The second kappa shape index (κ2) is 12.7. The maximum Gasteiger partial charge on any atom is 0.243 e. The monoisotopic (exact) mass is 468 g/mol. The Hall–Kier alpha value is -2.47. The molecule has 0 aliphatic heterocycles. The Kier molecular flexibility index (Phi) is 9.67. The first-order chi connectivity index (χ1) is 16.0. The van der Waals surface area contributed by atoms with Crippen molar-refractivity contribution in [3.8, 4) is 5.75 Å². The van der Waals surface area contributed by atoms with Crippen LogP contribution in [0.1, 0.15) is 55.7 Å². The average Bonchev–Trinajstić information content (AvgIpc) is 3.32. The third kappa shape index (κ3) is 7.53. The molecule has 0 radical (unpaired) electrons. The Morgan fingerprint density at radius 1 is 1.12 bits per heavy atom. The number of hydrogen-bond acceptors (Lipinski definition) is 4. The topological polar surface area (TPSA) is 58.6 Å². The molecule has 0 aromatic heterocycles. The van der Waals surface area contributed by atoms with Gasteiger partial charge in [0.25, 0.3) is 0 Å². The maximum absolute atomic E-state index is 13.4. The zero-order valence-corrected chi connectivity index (χ0v) is 20.8. The number of benzene rings is 2. The third-order valence-electron chi connectivity index (χ3n) is 6.15. The van der Waals surface area contributed by atoms with E-state index in [1.54, 1.807) is 23.8 Å². The Labute approximate surface area is 202 Å². The van der Waals surface area contributed by atoms with Gasteiger partial charge in [-0.3, -0.25) is 9.59 Å². The van der Waals surface area contributed by atoms with E-state index in [9.17, 15) is 9.59 Å². The fourth-order valence-electron chi connectivity index (χ4n) is 4.40. The smallest absolute Gasteiger partial charge is 0.243 e. The molecule has 3 rings (SSSR count). The van der Waals surface area contributed by atoms with Crippen LogP contribution in [0.2, 0.25) is 0 Å². The first-order valence-electron chi connectivity index (χ1n) is 11.9. The molecule has 33 heavy (non-hydrogen) atoms. The summed E-state index contributed by atoms with van der Waals surface area (Å²) in [5.41, 5.74) is 3.38. The molecule has 178 valence electrons. The van der Waals surface area contributed by atoms with Gasteiger partial charge in [-0.15, -0.1) is 11.8 Å². The van der Waals surface area contributed by atoms with Crippen molar-refractivity contribution in [2.45, 2.75) is 70.3 Å². The molecule has 6 heteroatoms. The van der Waals surface area contributed by atoms with E-state index in [1.165, 1.54) is 11.1 Å². The number of carbonyl (C=O) groups excluding carboxylic acids is 2. The lowest BCUT2D eigenvalue weighted by Crippen LogP contribution is -2.51. The van der Waals surface area contributed by atoms with E-state index >= 15 is 0 Å². The minimum absolute atomic E-state index is 0.0103. The SMILES string of the molecule is CCC(C(=O)NC1CCCC1)N(Cc1cccc(OC)c1)C(=O)CSCc1cccc(C)c1. The van der Waals surface area contributed by atoms with Gasteiger partial charge in [0.1, 0.15) is 11.8 Å². The molecule has 5 nitrogen and oxygen atoms in total. The Morgan fingerprint density at radius 2 is 1.85 bits per heavy atom. The highest BCUT2D eigenvalue weighted by molar-refractivity contribution is 7.99. The summed E-state index contributed by atoms with van der Waals surface area (Å²) in [7, 11) is 1.63. The standard InChI is InChI=1S/C27H36N2O3S/c1-4-25(27(31)28-23-12-5-6-13-23)29(17-21-10-8-14-24(16-21)32-3)26(30)19-33-18-22-11-7-9-20(2)15-22/h7-11,14-16,23,25H,4-6,12-13,17-19H2,1-3H3,(H,28,31). The molecular weight excluding hydrogens is 432 g/mol. The van der Waals surface area contributed by atoms with Crippen molar-refractivity contribution in [1.82, 2.24) is 10.2 Å². The summed E-state index contributed by atoms with van der Waals surface area (Å²) < 4.78 is 5.36. The van der Waals surface area contributed by atoms with Crippen LogP contribution in [0, 0.1) is 6.92 Å².